The first-order chi connectivity index (χ1) is 15.4. The lowest BCUT2D eigenvalue weighted by Gasteiger charge is -2.26. The average Bonchev–Trinajstić information content (AvgIpc) is 3.16. The summed E-state index contributed by atoms with van der Waals surface area (Å²) in [5.41, 5.74) is -2.30. The second-order valence-corrected chi connectivity index (χ2v) is 9.26. The number of rotatable bonds is 8. The fourth-order valence-electron chi connectivity index (χ4n) is 4.07. The molecule has 0 spiro atoms. The van der Waals surface area contributed by atoms with Gasteiger partial charge in [0, 0.05) is 16.9 Å². The van der Waals surface area contributed by atoms with Gasteiger partial charge in [-0.25, -0.2) is 0 Å². The van der Waals surface area contributed by atoms with Gasteiger partial charge in [-0.15, -0.1) is 11.8 Å². The van der Waals surface area contributed by atoms with Crippen LogP contribution in [-0.2, 0) is 12.6 Å². The highest BCUT2D eigenvalue weighted by Gasteiger charge is 2.42. The van der Waals surface area contributed by atoms with Gasteiger partial charge in [0.25, 0.3) is 0 Å². The topological polar surface area (TPSA) is 106 Å². The molecule has 0 radical (unpaired) electrons. The van der Waals surface area contributed by atoms with Crippen molar-refractivity contribution in [3.05, 3.63) is 55.9 Å². The standard InChI is InChI=1S/C22H25F3N2O5S/c1-3-4-5-6-10-15-17(13-8-7-9-14(11-13)22(23,24)25)20-26(19(28)18(15)27(31)32)16(12-33-20)21(2,29)30/h7-9,11,16,29-30H,3-6,10,12H2,1-2H3/t16-/m0/s1. The van der Waals surface area contributed by atoms with Gasteiger partial charge < -0.3 is 10.2 Å². The molecule has 7 nitrogen and oxygen atoms in total. The van der Waals surface area contributed by atoms with Crippen LogP contribution in [0.2, 0.25) is 0 Å². The van der Waals surface area contributed by atoms with Crippen LogP contribution in [0.1, 0.15) is 56.7 Å². The minimum absolute atomic E-state index is 0.0289. The van der Waals surface area contributed by atoms with Crippen LogP contribution in [0.15, 0.2) is 34.1 Å². The molecule has 2 N–H and O–H groups in total. The lowest BCUT2D eigenvalue weighted by molar-refractivity contribution is -0.387. The number of thioether (sulfide) groups is 1. The number of aliphatic hydroxyl groups is 2. The molecule has 1 aromatic heterocycles. The summed E-state index contributed by atoms with van der Waals surface area (Å²) in [7, 11) is 0. The zero-order valence-electron chi connectivity index (χ0n) is 18.2. The molecule has 0 bridgehead atoms. The van der Waals surface area contributed by atoms with Crippen molar-refractivity contribution in [2.45, 2.75) is 69.0 Å². The molecule has 0 saturated carbocycles. The number of aromatic nitrogens is 1. The van der Waals surface area contributed by atoms with Crippen LogP contribution in [0, 0.1) is 10.1 Å². The van der Waals surface area contributed by atoms with Gasteiger partial charge in [-0.2, -0.15) is 13.2 Å². The van der Waals surface area contributed by atoms with Crippen LogP contribution < -0.4 is 5.56 Å². The van der Waals surface area contributed by atoms with Crippen molar-refractivity contribution in [1.82, 2.24) is 4.57 Å². The van der Waals surface area contributed by atoms with Crippen LogP contribution in [0.25, 0.3) is 11.1 Å². The quantitative estimate of drug-likeness (QED) is 0.238. The number of alkyl halides is 3. The fraction of sp³-hybridized carbons (Fsp3) is 0.500. The summed E-state index contributed by atoms with van der Waals surface area (Å²) in [6.07, 6.45) is -1.42. The summed E-state index contributed by atoms with van der Waals surface area (Å²) in [4.78, 5) is 24.3. The molecule has 0 fully saturated rings. The fourth-order valence-corrected chi connectivity index (χ4v) is 5.59. The summed E-state index contributed by atoms with van der Waals surface area (Å²) in [6.45, 7) is 3.06. The molecule has 2 heterocycles. The van der Waals surface area contributed by atoms with Gasteiger partial charge in [0.05, 0.1) is 15.5 Å². The van der Waals surface area contributed by atoms with Gasteiger partial charge in [0.2, 0.25) is 0 Å². The largest absolute Gasteiger partial charge is 0.416 e. The van der Waals surface area contributed by atoms with Crippen LogP contribution in [0.4, 0.5) is 18.9 Å². The summed E-state index contributed by atoms with van der Waals surface area (Å²) in [6, 6.07) is 3.25. The zero-order valence-corrected chi connectivity index (χ0v) is 19.0. The zero-order chi connectivity index (χ0) is 24.6. The molecule has 33 heavy (non-hydrogen) atoms. The second kappa shape index (κ2) is 9.47. The molecule has 3 rings (SSSR count). The SMILES string of the molecule is CCCCCCc1c(-c2cccc(C(F)(F)F)c2)c2n(c(=O)c1[N+](=O)[O-])[C@H](C(C)(O)O)CS2. The highest BCUT2D eigenvalue weighted by atomic mass is 32.2. The van der Waals surface area contributed by atoms with Crippen LogP contribution in [0.5, 0.6) is 0 Å². The van der Waals surface area contributed by atoms with Gasteiger partial charge in [0.15, 0.2) is 5.79 Å². The molecular formula is C22H25F3N2O5S. The predicted molar refractivity (Wildman–Crippen MR) is 118 cm³/mol. The molecule has 0 unspecified atom stereocenters. The molecule has 0 aliphatic carbocycles. The van der Waals surface area contributed by atoms with E-state index in [0.717, 1.165) is 54.6 Å². The minimum atomic E-state index is -4.62. The van der Waals surface area contributed by atoms with Crippen LogP contribution >= 0.6 is 11.8 Å². The number of unbranched alkanes of at least 4 members (excludes halogenated alkanes) is 3. The van der Waals surface area contributed by atoms with Crippen molar-refractivity contribution in [2.75, 3.05) is 5.75 Å². The first-order valence-electron chi connectivity index (χ1n) is 10.6. The third kappa shape index (κ3) is 5.10. The first-order valence-corrected chi connectivity index (χ1v) is 11.6. The number of hydrogen-bond donors (Lipinski definition) is 2. The van der Waals surface area contributed by atoms with Crippen LogP contribution in [-0.4, -0.2) is 31.2 Å². The normalized spacial score (nSPS) is 16.2. The van der Waals surface area contributed by atoms with Crippen molar-refractivity contribution >= 4 is 17.4 Å². The van der Waals surface area contributed by atoms with E-state index in [1.54, 1.807) is 0 Å². The van der Waals surface area contributed by atoms with E-state index in [0.29, 0.717) is 6.42 Å². The number of nitrogens with zero attached hydrogens (tertiary/aromatic N) is 2. The number of hydrogen-bond acceptors (Lipinski definition) is 6. The summed E-state index contributed by atoms with van der Waals surface area (Å²) in [5, 5.41) is 32.5. The Morgan fingerprint density at radius 3 is 2.52 bits per heavy atom. The Morgan fingerprint density at radius 1 is 1.24 bits per heavy atom. The maximum absolute atomic E-state index is 13.4. The first kappa shape index (κ1) is 25.3. The lowest BCUT2D eigenvalue weighted by Crippen LogP contribution is -2.41. The predicted octanol–water partition coefficient (Wildman–Crippen LogP) is 4.91. The van der Waals surface area contributed by atoms with E-state index in [1.165, 1.54) is 12.1 Å². The highest BCUT2D eigenvalue weighted by molar-refractivity contribution is 7.99. The number of benzene rings is 1. The van der Waals surface area contributed by atoms with E-state index in [-0.39, 0.29) is 33.9 Å². The van der Waals surface area contributed by atoms with Crippen molar-refractivity contribution in [1.29, 1.82) is 0 Å². The van der Waals surface area contributed by atoms with E-state index >= 15 is 0 Å². The Hall–Kier alpha value is -2.37. The molecule has 1 atom stereocenters. The van der Waals surface area contributed by atoms with Crippen molar-refractivity contribution in [2.24, 2.45) is 0 Å². The molecule has 1 aromatic carbocycles. The monoisotopic (exact) mass is 486 g/mol. The molecule has 0 amide bonds. The van der Waals surface area contributed by atoms with Gasteiger partial charge in [-0.3, -0.25) is 19.5 Å². The molecule has 2 aromatic rings. The van der Waals surface area contributed by atoms with Crippen molar-refractivity contribution in [3.63, 3.8) is 0 Å². The van der Waals surface area contributed by atoms with Crippen LogP contribution in [0.3, 0.4) is 0 Å². The minimum Gasteiger partial charge on any atom is -0.364 e. The summed E-state index contributed by atoms with van der Waals surface area (Å²) < 4.78 is 41.2. The number of pyridine rings is 1. The second-order valence-electron chi connectivity index (χ2n) is 8.25. The molecule has 1 aliphatic heterocycles. The van der Waals surface area contributed by atoms with E-state index in [2.05, 4.69) is 0 Å². The maximum Gasteiger partial charge on any atom is 0.416 e. The number of nitro groups is 1. The molecule has 180 valence electrons. The molecular weight excluding hydrogens is 461 g/mol. The molecule has 11 heteroatoms. The van der Waals surface area contributed by atoms with Gasteiger partial charge in [-0.1, -0.05) is 38.3 Å². The van der Waals surface area contributed by atoms with E-state index in [1.807, 2.05) is 6.92 Å². The summed E-state index contributed by atoms with van der Waals surface area (Å²) in [5.74, 6) is -2.33. The summed E-state index contributed by atoms with van der Waals surface area (Å²) >= 11 is 1.07. The molecule has 0 saturated heterocycles. The van der Waals surface area contributed by atoms with Gasteiger partial charge in [0.1, 0.15) is 6.04 Å². The highest BCUT2D eigenvalue weighted by Crippen LogP contribution is 2.46. The van der Waals surface area contributed by atoms with E-state index in [9.17, 15) is 38.3 Å². The third-order valence-corrected chi connectivity index (χ3v) is 6.86. The van der Waals surface area contributed by atoms with E-state index < -0.39 is 39.7 Å². The van der Waals surface area contributed by atoms with Crippen molar-refractivity contribution < 1.29 is 28.3 Å². The Morgan fingerprint density at radius 2 is 1.94 bits per heavy atom. The van der Waals surface area contributed by atoms with Gasteiger partial charge in [-0.05, 0) is 37.5 Å². The number of halogens is 3. The Bertz CT molecular complexity index is 1110. The average molecular weight is 487 g/mol. The number of fused-ring (bicyclic) bond motifs is 1. The lowest BCUT2D eigenvalue weighted by atomic mass is 9.94. The van der Waals surface area contributed by atoms with Gasteiger partial charge >= 0.3 is 17.4 Å². The Kier molecular flexibility index (Phi) is 7.25. The Labute approximate surface area is 192 Å². The smallest absolute Gasteiger partial charge is 0.364 e. The van der Waals surface area contributed by atoms with E-state index in [4.69, 9.17) is 0 Å². The van der Waals surface area contributed by atoms with Crippen molar-refractivity contribution in [3.8, 4) is 11.1 Å². The Balaban J connectivity index is 2.34. The maximum atomic E-state index is 13.4. The third-order valence-electron chi connectivity index (χ3n) is 5.70. The molecule has 1 aliphatic rings.